The minimum Gasteiger partial charge on any atom is -0.504 e. The van der Waals surface area contributed by atoms with Crippen molar-refractivity contribution in [2.24, 2.45) is 21.0 Å². The first-order chi connectivity index (χ1) is 13.3. The van der Waals surface area contributed by atoms with Crippen molar-refractivity contribution >= 4 is 18.4 Å². The van der Waals surface area contributed by atoms with Crippen molar-refractivity contribution in [3.05, 3.63) is 35.4 Å². The van der Waals surface area contributed by atoms with E-state index in [1.54, 1.807) is 0 Å². The number of phenols is 4. The van der Waals surface area contributed by atoms with Gasteiger partial charge >= 0.3 is 0 Å². The molecule has 0 saturated heterocycles. The molecule has 2 aromatic rings. The molecule has 0 heterocycles. The Labute approximate surface area is 159 Å². The van der Waals surface area contributed by atoms with Crippen molar-refractivity contribution in [2.45, 2.75) is 0 Å². The molecule has 2 rings (SSSR count). The van der Waals surface area contributed by atoms with Crippen LogP contribution in [0.4, 0.5) is 0 Å². The molecule has 0 radical (unpaired) electrons. The van der Waals surface area contributed by atoms with Gasteiger partial charge in [-0.3, -0.25) is 0 Å². The molecule has 148 valence electrons. The van der Waals surface area contributed by atoms with Gasteiger partial charge in [0.2, 0.25) is 17.5 Å². The highest BCUT2D eigenvalue weighted by molar-refractivity contribution is 5.86. The average Bonchev–Trinajstić information content (AvgIpc) is 2.67. The fraction of sp³-hybridized carbons (Fsp3) is 0.118. The molecule has 0 aromatic heterocycles. The molecule has 0 aliphatic carbocycles. The largest absolute Gasteiger partial charge is 0.504 e. The summed E-state index contributed by atoms with van der Waals surface area (Å²) >= 11 is 0. The smallest absolute Gasteiger partial charge is 0.234 e. The van der Waals surface area contributed by atoms with Crippen molar-refractivity contribution < 1.29 is 29.9 Å². The van der Waals surface area contributed by atoms with Crippen molar-refractivity contribution in [1.82, 2.24) is 5.43 Å². The number of nitrogens with zero attached hydrogens (tertiary/aromatic N) is 3. The normalized spacial score (nSPS) is 11.9. The van der Waals surface area contributed by atoms with Gasteiger partial charge in [0.25, 0.3) is 0 Å². The maximum atomic E-state index is 9.60. The summed E-state index contributed by atoms with van der Waals surface area (Å²) in [5.41, 5.74) is 8.87. The first kappa shape index (κ1) is 20.2. The van der Waals surface area contributed by atoms with Crippen LogP contribution in [0.25, 0.3) is 0 Å². The Morgan fingerprint density at radius 1 is 0.893 bits per heavy atom. The average molecular weight is 389 g/mol. The van der Waals surface area contributed by atoms with Crippen LogP contribution in [0.15, 0.2) is 39.6 Å². The van der Waals surface area contributed by atoms with Crippen molar-refractivity contribution in [3.8, 4) is 34.5 Å². The molecule has 0 bridgehead atoms. The molecule has 28 heavy (non-hydrogen) atoms. The van der Waals surface area contributed by atoms with Crippen LogP contribution in [-0.4, -0.2) is 53.0 Å². The highest BCUT2D eigenvalue weighted by Gasteiger charge is 2.09. The van der Waals surface area contributed by atoms with Gasteiger partial charge in [-0.1, -0.05) is 0 Å². The third-order valence-corrected chi connectivity index (χ3v) is 3.36. The Hall–Kier alpha value is -4.15. The van der Waals surface area contributed by atoms with Gasteiger partial charge in [-0.05, 0) is 24.3 Å². The number of nitrogens with two attached hydrogens (primary N) is 1. The lowest BCUT2D eigenvalue weighted by atomic mass is 10.2. The molecule has 0 aliphatic rings. The van der Waals surface area contributed by atoms with E-state index < -0.39 is 0 Å². The molecule has 0 fully saturated rings. The molecule has 2 aromatic carbocycles. The molecular weight excluding hydrogens is 370 g/mol. The Balaban J connectivity index is 2.03. The molecule has 11 nitrogen and oxygen atoms in total. The minimum atomic E-state index is -0.379. The van der Waals surface area contributed by atoms with Gasteiger partial charge in [0.05, 0.1) is 26.6 Å². The second-order valence-corrected chi connectivity index (χ2v) is 5.28. The summed E-state index contributed by atoms with van der Waals surface area (Å²) in [6.07, 6.45) is 2.60. The maximum Gasteiger partial charge on any atom is 0.234 e. The monoisotopic (exact) mass is 389 g/mol. The summed E-state index contributed by atoms with van der Waals surface area (Å²) in [5.74, 6) is -1.46. The molecule has 11 heteroatoms. The quantitative estimate of drug-likeness (QED) is 0.182. The van der Waals surface area contributed by atoms with E-state index >= 15 is 0 Å². The van der Waals surface area contributed by atoms with Crippen LogP contribution >= 0.6 is 0 Å². The topological polar surface area (TPSA) is 175 Å². The predicted molar refractivity (Wildman–Crippen MR) is 103 cm³/mol. The van der Waals surface area contributed by atoms with Crippen LogP contribution in [-0.2, 0) is 0 Å². The van der Waals surface area contributed by atoms with Gasteiger partial charge < -0.3 is 35.6 Å². The Morgan fingerprint density at radius 3 is 1.89 bits per heavy atom. The number of aromatic hydroxyl groups is 4. The summed E-state index contributed by atoms with van der Waals surface area (Å²) in [6, 6.07) is 5.44. The van der Waals surface area contributed by atoms with E-state index in [4.69, 9.17) is 15.2 Å². The summed E-state index contributed by atoms with van der Waals surface area (Å²) in [4.78, 5) is 0. The van der Waals surface area contributed by atoms with Crippen LogP contribution in [0.1, 0.15) is 11.1 Å². The van der Waals surface area contributed by atoms with E-state index in [9.17, 15) is 20.4 Å². The number of methoxy groups -OCH3 is 2. The molecule has 0 aliphatic heterocycles. The fourth-order valence-corrected chi connectivity index (χ4v) is 2.04. The van der Waals surface area contributed by atoms with Gasteiger partial charge in [0.15, 0.2) is 23.0 Å². The van der Waals surface area contributed by atoms with E-state index in [1.165, 1.54) is 50.9 Å². The lowest BCUT2D eigenvalue weighted by Crippen LogP contribution is -2.26. The number of hydrogen-bond acceptors (Lipinski definition) is 9. The summed E-state index contributed by atoms with van der Waals surface area (Å²) in [5, 5.41) is 49.5. The van der Waals surface area contributed by atoms with E-state index in [1.807, 2.05) is 0 Å². The Bertz CT molecular complexity index is 942. The number of ether oxygens (including phenoxy) is 2. The number of guanidine groups is 1. The summed E-state index contributed by atoms with van der Waals surface area (Å²) < 4.78 is 9.83. The number of hydrazone groups is 1. The molecular formula is C17H19N5O6. The van der Waals surface area contributed by atoms with E-state index in [2.05, 4.69) is 20.7 Å². The zero-order valence-corrected chi connectivity index (χ0v) is 15.0. The lowest BCUT2D eigenvalue weighted by Gasteiger charge is -2.06. The second-order valence-electron chi connectivity index (χ2n) is 5.28. The first-order valence-electron chi connectivity index (χ1n) is 7.71. The predicted octanol–water partition coefficient (Wildman–Crippen LogP) is 0.798. The molecule has 0 saturated carbocycles. The number of benzene rings is 2. The fourth-order valence-electron chi connectivity index (χ4n) is 2.04. The minimum absolute atomic E-state index is 0.0775. The summed E-state index contributed by atoms with van der Waals surface area (Å²) in [6.45, 7) is 0. The van der Waals surface area contributed by atoms with Crippen LogP contribution in [0.5, 0.6) is 34.5 Å². The Kier molecular flexibility index (Phi) is 6.47. The van der Waals surface area contributed by atoms with Gasteiger partial charge in [-0.25, -0.2) is 5.43 Å². The van der Waals surface area contributed by atoms with E-state index in [-0.39, 0.29) is 40.5 Å². The zero-order chi connectivity index (χ0) is 20.7. The number of phenolic OH excluding ortho intramolecular Hbond substituents is 4. The molecule has 7 N–H and O–H groups in total. The lowest BCUT2D eigenvalue weighted by molar-refractivity contribution is 0.351. The molecule has 0 atom stereocenters. The number of hydrogen-bond donors (Lipinski definition) is 6. The van der Waals surface area contributed by atoms with Gasteiger partial charge in [-0.2, -0.15) is 10.2 Å². The highest BCUT2D eigenvalue weighted by atomic mass is 16.5. The standard InChI is InChI=1S/C17H19N5O6/c1-27-13-5-9(3-11(23)15(13)25)7-19-21-17(18)22-20-8-10-4-12(24)16(26)14(6-10)28-2/h3-8,23-26H,1-2H3,(H3,18,21,22)/b19-7+,20-8+. The highest BCUT2D eigenvalue weighted by Crippen LogP contribution is 2.36. The number of nitrogens with one attached hydrogen (secondary N) is 1. The van der Waals surface area contributed by atoms with Crippen molar-refractivity contribution in [3.63, 3.8) is 0 Å². The van der Waals surface area contributed by atoms with Crippen LogP contribution in [0, 0.1) is 0 Å². The van der Waals surface area contributed by atoms with E-state index in [0.717, 1.165) is 0 Å². The van der Waals surface area contributed by atoms with Gasteiger partial charge in [0, 0.05) is 11.1 Å². The van der Waals surface area contributed by atoms with E-state index in [0.29, 0.717) is 11.1 Å². The molecule has 0 spiro atoms. The maximum absolute atomic E-state index is 9.60. The molecule has 0 amide bonds. The second kappa shape index (κ2) is 8.98. The third-order valence-electron chi connectivity index (χ3n) is 3.36. The van der Waals surface area contributed by atoms with Crippen molar-refractivity contribution in [2.75, 3.05) is 14.2 Å². The number of rotatable bonds is 6. The van der Waals surface area contributed by atoms with Gasteiger partial charge in [-0.15, -0.1) is 5.10 Å². The molecule has 0 unspecified atom stereocenters. The van der Waals surface area contributed by atoms with Crippen LogP contribution in [0.2, 0.25) is 0 Å². The zero-order valence-electron chi connectivity index (χ0n) is 15.0. The van der Waals surface area contributed by atoms with Crippen LogP contribution < -0.4 is 20.6 Å². The third kappa shape index (κ3) is 4.94. The van der Waals surface area contributed by atoms with Gasteiger partial charge in [0.1, 0.15) is 0 Å². The SMILES string of the molecule is COc1cc(/C=N/N=C(\N)N/N=C/c2cc(O)c(O)c(OC)c2)cc(O)c1O. The van der Waals surface area contributed by atoms with Crippen LogP contribution in [0.3, 0.4) is 0 Å². The Morgan fingerprint density at radius 2 is 1.39 bits per heavy atom. The first-order valence-corrected chi connectivity index (χ1v) is 7.71. The van der Waals surface area contributed by atoms with Crippen molar-refractivity contribution in [1.29, 1.82) is 0 Å². The summed E-state index contributed by atoms with van der Waals surface area (Å²) in [7, 11) is 2.69.